The zero-order valence-electron chi connectivity index (χ0n) is 18.3. The largest absolute Gasteiger partial charge is 0.334 e. The monoisotopic (exact) mass is 487 g/mol. The molecule has 4 rings (SSSR count). The number of halogens is 2. The minimum atomic E-state index is -0.552. The highest BCUT2D eigenvalue weighted by Gasteiger charge is 2.38. The normalized spacial score (nSPS) is 17.9. The molecule has 1 fully saturated rings. The van der Waals surface area contributed by atoms with Gasteiger partial charge in [-0.1, -0.05) is 35.3 Å². The fourth-order valence-electron chi connectivity index (χ4n) is 4.32. The van der Waals surface area contributed by atoms with Gasteiger partial charge in [0.15, 0.2) is 5.78 Å². The van der Waals surface area contributed by atoms with E-state index in [0.29, 0.717) is 46.2 Å². The van der Waals surface area contributed by atoms with E-state index < -0.39 is 12.1 Å². The molecule has 2 N–H and O–H groups in total. The zero-order chi connectivity index (χ0) is 23.9. The van der Waals surface area contributed by atoms with Gasteiger partial charge in [-0.15, -0.1) is 0 Å². The van der Waals surface area contributed by atoms with Crippen molar-refractivity contribution in [3.8, 4) is 0 Å². The molecule has 33 heavy (non-hydrogen) atoms. The Labute approximate surface area is 201 Å². The van der Waals surface area contributed by atoms with Crippen LogP contribution in [0.4, 0.5) is 10.5 Å². The molecule has 2 aromatic rings. The highest BCUT2D eigenvalue weighted by atomic mass is 35.5. The predicted molar refractivity (Wildman–Crippen MR) is 126 cm³/mol. The van der Waals surface area contributed by atoms with Crippen molar-refractivity contribution in [1.29, 1.82) is 0 Å². The van der Waals surface area contributed by atoms with Crippen molar-refractivity contribution in [3.05, 3.63) is 62.1 Å². The van der Waals surface area contributed by atoms with Crippen LogP contribution in [-0.2, 0) is 22.7 Å². The molecule has 3 amide bonds. The number of rotatable bonds is 4. The molecule has 0 spiro atoms. The fourth-order valence-corrected chi connectivity index (χ4v) is 4.83. The summed E-state index contributed by atoms with van der Waals surface area (Å²) in [5.74, 6) is -0.492. The summed E-state index contributed by atoms with van der Waals surface area (Å²) in [5, 5.41) is 6.42. The van der Waals surface area contributed by atoms with E-state index in [2.05, 4.69) is 10.6 Å². The molecule has 0 radical (unpaired) electrons. The maximum absolute atomic E-state index is 13.0. The van der Waals surface area contributed by atoms with Crippen molar-refractivity contribution < 1.29 is 19.2 Å². The van der Waals surface area contributed by atoms with Crippen LogP contribution in [0.25, 0.3) is 0 Å². The molecular weight excluding hydrogens is 465 g/mol. The second kappa shape index (κ2) is 9.15. The zero-order valence-corrected chi connectivity index (χ0v) is 19.8. The number of ketones is 2. The van der Waals surface area contributed by atoms with Gasteiger partial charge >= 0.3 is 6.03 Å². The molecule has 0 aromatic heterocycles. The van der Waals surface area contributed by atoms with Gasteiger partial charge in [-0.05, 0) is 54.7 Å². The van der Waals surface area contributed by atoms with Crippen LogP contribution in [0.15, 0.2) is 24.3 Å². The van der Waals surface area contributed by atoms with Crippen molar-refractivity contribution in [1.82, 2.24) is 10.2 Å². The molecule has 1 heterocycles. The first kappa shape index (κ1) is 23.3. The average molecular weight is 488 g/mol. The third-order valence-corrected chi connectivity index (χ3v) is 7.03. The van der Waals surface area contributed by atoms with E-state index in [-0.39, 0.29) is 30.4 Å². The van der Waals surface area contributed by atoms with Gasteiger partial charge in [0.2, 0.25) is 0 Å². The smallest absolute Gasteiger partial charge is 0.319 e. The minimum absolute atomic E-state index is 0.0727. The maximum atomic E-state index is 13.0. The van der Waals surface area contributed by atoms with Crippen molar-refractivity contribution in [3.63, 3.8) is 0 Å². The van der Waals surface area contributed by atoms with Gasteiger partial charge in [-0.3, -0.25) is 14.4 Å². The molecule has 1 unspecified atom stereocenters. The lowest BCUT2D eigenvalue weighted by Gasteiger charge is -2.29. The first-order valence-corrected chi connectivity index (χ1v) is 11.4. The number of urea groups is 1. The SMILES string of the molecule is Cc1cc(Cl)c(NC(=O)NCc2ccc3c(c2)C(=O)N(C2CCC(=O)CC2=O)C3)c(C)c1Cl. The number of carbonyl (C=O) groups excluding carboxylic acids is 4. The van der Waals surface area contributed by atoms with Crippen LogP contribution in [0.5, 0.6) is 0 Å². The molecule has 2 aromatic carbocycles. The number of Topliss-reactive ketones (excluding diaryl/α,β-unsaturated/α-hetero) is 2. The third-order valence-electron chi connectivity index (χ3n) is 6.15. The predicted octanol–water partition coefficient (Wildman–Crippen LogP) is 4.58. The molecule has 2 aliphatic rings. The fraction of sp³-hybridized carbons (Fsp3) is 0.333. The number of amides is 3. The molecule has 1 aliphatic carbocycles. The second-order valence-electron chi connectivity index (χ2n) is 8.46. The number of anilines is 1. The number of hydrogen-bond donors (Lipinski definition) is 2. The molecule has 1 saturated carbocycles. The number of fused-ring (bicyclic) bond motifs is 1. The van der Waals surface area contributed by atoms with Crippen molar-refractivity contribution in [2.45, 2.75) is 52.2 Å². The van der Waals surface area contributed by atoms with E-state index in [0.717, 1.165) is 16.7 Å². The highest BCUT2D eigenvalue weighted by molar-refractivity contribution is 6.37. The molecule has 9 heteroatoms. The number of aryl methyl sites for hydroxylation is 1. The van der Waals surface area contributed by atoms with Crippen molar-refractivity contribution in [2.75, 3.05) is 5.32 Å². The van der Waals surface area contributed by atoms with Crippen LogP contribution in [0.1, 0.15) is 51.9 Å². The summed E-state index contributed by atoms with van der Waals surface area (Å²) in [6.45, 7) is 4.16. The van der Waals surface area contributed by atoms with Gasteiger partial charge < -0.3 is 15.5 Å². The highest BCUT2D eigenvalue weighted by Crippen LogP contribution is 2.34. The first-order valence-electron chi connectivity index (χ1n) is 10.6. The van der Waals surface area contributed by atoms with Crippen LogP contribution in [-0.4, -0.2) is 34.4 Å². The van der Waals surface area contributed by atoms with Gasteiger partial charge in [0, 0.05) is 30.1 Å². The third kappa shape index (κ3) is 4.61. The number of hydrogen-bond acceptors (Lipinski definition) is 4. The second-order valence-corrected chi connectivity index (χ2v) is 9.24. The van der Waals surface area contributed by atoms with Gasteiger partial charge in [0.05, 0.1) is 23.2 Å². The van der Waals surface area contributed by atoms with E-state index in [1.165, 1.54) is 0 Å². The Kier molecular flexibility index (Phi) is 6.45. The molecule has 1 atom stereocenters. The number of nitrogens with one attached hydrogen (secondary N) is 2. The summed E-state index contributed by atoms with van der Waals surface area (Å²) in [7, 11) is 0. The summed E-state index contributed by atoms with van der Waals surface area (Å²) in [6, 6.07) is 6.09. The van der Waals surface area contributed by atoms with E-state index in [1.807, 2.05) is 19.1 Å². The lowest BCUT2D eigenvalue weighted by atomic mass is 9.92. The molecule has 0 saturated heterocycles. The van der Waals surface area contributed by atoms with E-state index in [1.54, 1.807) is 24.0 Å². The number of nitrogens with zero attached hydrogens (tertiary/aromatic N) is 1. The van der Waals surface area contributed by atoms with E-state index in [9.17, 15) is 19.2 Å². The number of carbonyl (C=O) groups is 4. The average Bonchev–Trinajstić information content (AvgIpc) is 3.09. The van der Waals surface area contributed by atoms with Crippen molar-refractivity contribution >= 4 is 52.4 Å². The molecule has 0 bridgehead atoms. The summed E-state index contributed by atoms with van der Waals surface area (Å²) in [6.07, 6.45) is 0.582. The van der Waals surface area contributed by atoms with Crippen LogP contribution < -0.4 is 10.6 Å². The standard InChI is InChI=1S/C24H23Cl2N3O4/c1-12-7-18(25)22(13(2)21(12)26)28-24(33)27-10-14-3-4-15-11-29(23(32)17(15)8-14)19-6-5-16(30)9-20(19)31/h3-4,7-8,19H,5-6,9-11H2,1-2H3,(H2,27,28,33). The van der Waals surface area contributed by atoms with E-state index in [4.69, 9.17) is 23.2 Å². The Morgan fingerprint density at radius 2 is 1.91 bits per heavy atom. The first-order chi connectivity index (χ1) is 15.7. The van der Waals surface area contributed by atoms with Crippen LogP contribution in [0.3, 0.4) is 0 Å². The number of benzene rings is 2. The lowest BCUT2D eigenvalue weighted by Crippen LogP contribution is -2.44. The van der Waals surface area contributed by atoms with E-state index >= 15 is 0 Å². The Morgan fingerprint density at radius 1 is 1.15 bits per heavy atom. The maximum Gasteiger partial charge on any atom is 0.319 e. The summed E-state index contributed by atoms with van der Waals surface area (Å²) in [5.41, 5.74) is 4.04. The Balaban J connectivity index is 1.41. The van der Waals surface area contributed by atoms with Crippen LogP contribution in [0.2, 0.25) is 10.0 Å². The van der Waals surface area contributed by atoms with Crippen LogP contribution >= 0.6 is 23.2 Å². The quantitative estimate of drug-likeness (QED) is 0.616. The Morgan fingerprint density at radius 3 is 2.64 bits per heavy atom. The topological polar surface area (TPSA) is 95.6 Å². The van der Waals surface area contributed by atoms with Gasteiger partial charge in [-0.2, -0.15) is 0 Å². The molecule has 1 aliphatic heterocycles. The summed E-state index contributed by atoms with van der Waals surface area (Å²) < 4.78 is 0. The van der Waals surface area contributed by atoms with Crippen molar-refractivity contribution in [2.24, 2.45) is 0 Å². The Bertz CT molecular complexity index is 1190. The summed E-state index contributed by atoms with van der Waals surface area (Å²) in [4.78, 5) is 50.7. The van der Waals surface area contributed by atoms with Gasteiger partial charge in [0.1, 0.15) is 5.78 Å². The van der Waals surface area contributed by atoms with Gasteiger partial charge in [-0.25, -0.2) is 4.79 Å². The summed E-state index contributed by atoms with van der Waals surface area (Å²) >= 11 is 12.5. The van der Waals surface area contributed by atoms with Gasteiger partial charge in [0.25, 0.3) is 5.91 Å². The molecular formula is C24H23Cl2N3O4. The molecule has 7 nitrogen and oxygen atoms in total. The van der Waals surface area contributed by atoms with Crippen LogP contribution in [0, 0.1) is 13.8 Å². The minimum Gasteiger partial charge on any atom is -0.334 e. The lowest BCUT2D eigenvalue weighted by molar-refractivity contribution is -0.133. The Hall–Kier alpha value is -2.90. The molecule has 172 valence electrons.